The fourth-order valence-electron chi connectivity index (χ4n) is 3.11. The van der Waals surface area contributed by atoms with Gasteiger partial charge in [-0.2, -0.15) is 0 Å². The van der Waals surface area contributed by atoms with E-state index < -0.39 is 16.9 Å². The first-order valence-corrected chi connectivity index (χ1v) is 9.79. The Hall–Kier alpha value is -2.68. The molecule has 0 spiro atoms. The molecule has 0 radical (unpaired) electrons. The molecule has 1 aromatic carbocycles. The van der Waals surface area contributed by atoms with Gasteiger partial charge in [0.1, 0.15) is 0 Å². The summed E-state index contributed by atoms with van der Waals surface area (Å²) in [4.78, 5) is 42.3. The van der Waals surface area contributed by atoms with Crippen molar-refractivity contribution in [2.45, 2.75) is 39.0 Å². The van der Waals surface area contributed by atoms with E-state index in [0.29, 0.717) is 16.4 Å². The zero-order chi connectivity index (χ0) is 20.6. The van der Waals surface area contributed by atoms with E-state index in [1.807, 2.05) is 13.8 Å². The molecule has 1 aromatic rings. The Morgan fingerprint density at radius 3 is 2.79 bits per heavy atom. The molecular formula is C19H21N3O5S. The zero-order valence-electron chi connectivity index (χ0n) is 16.0. The maximum absolute atomic E-state index is 12.9. The lowest BCUT2D eigenvalue weighted by Crippen LogP contribution is -2.40. The fourth-order valence-corrected chi connectivity index (χ4v) is 4.14. The second-order valence-corrected chi connectivity index (χ2v) is 8.42. The summed E-state index contributed by atoms with van der Waals surface area (Å²) in [6.45, 7) is 7.53. The number of ether oxygens (including phenoxy) is 1. The minimum atomic E-state index is -0.808. The molecule has 0 bridgehead atoms. The Labute approximate surface area is 166 Å². The monoisotopic (exact) mass is 403 g/mol. The van der Waals surface area contributed by atoms with Gasteiger partial charge in [0.15, 0.2) is 5.17 Å². The molecule has 148 valence electrons. The van der Waals surface area contributed by atoms with Crippen LogP contribution in [-0.4, -0.2) is 38.7 Å². The van der Waals surface area contributed by atoms with E-state index in [1.54, 1.807) is 26.0 Å². The summed E-state index contributed by atoms with van der Waals surface area (Å²) in [5.41, 5.74) is 1.04. The third-order valence-corrected chi connectivity index (χ3v) is 5.48. The highest BCUT2D eigenvalue weighted by Gasteiger charge is 2.46. The standard InChI is InChI=1S/C19H21N3O5S/c1-10(2)9-27-18(24)15-11(3)20-19-21(17(23)12(4)28-19)16(15)13-6-5-7-14(8-13)22(25)26/h5-8,10,12,16H,9H2,1-4H3/t12-,16-/m1/s1. The van der Waals surface area contributed by atoms with Gasteiger partial charge in [-0.25, -0.2) is 9.79 Å². The Morgan fingerprint density at radius 1 is 1.43 bits per heavy atom. The predicted molar refractivity (Wildman–Crippen MR) is 106 cm³/mol. The normalized spacial score (nSPS) is 21.7. The van der Waals surface area contributed by atoms with E-state index >= 15 is 0 Å². The van der Waals surface area contributed by atoms with E-state index in [2.05, 4.69) is 4.99 Å². The van der Waals surface area contributed by atoms with E-state index in [1.165, 1.54) is 28.8 Å². The van der Waals surface area contributed by atoms with Crippen molar-refractivity contribution < 1.29 is 19.2 Å². The Morgan fingerprint density at radius 2 is 2.14 bits per heavy atom. The number of fused-ring (bicyclic) bond motifs is 1. The number of amidine groups is 1. The van der Waals surface area contributed by atoms with Crippen LogP contribution in [0, 0.1) is 16.0 Å². The third kappa shape index (κ3) is 3.66. The van der Waals surface area contributed by atoms with Crippen LogP contribution < -0.4 is 0 Å². The number of benzene rings is 1. The van der Waals surface area contributed by atoms with Crippen LogP contribution in [0.15, 0.2) is 40.5 Å². The Kier molecular flexibility index (Phi) is 5.55. The summed E-state index contributed by atoms with van der Waals surface area (Å²) in [6, 6.07) is 5.17. The first kappa shape index (κ1) is 20.1. The number of carbonyl (C=O) groups excluding carboxylic acids is 2. The smallest absolute Gasteiger partial charge is 0.338 e. The van der Waals surface area contributed by atoms with Gasteiger partial charge in [0.25, 0.3) is 5.69 Å². The number of esters is 1. The molecule has 2 aliphatic heterocycles. The molecule has 3 rings (SSSR count). The minimum absolute atomic E-state index is 0.110. The van der Waals surface area contributed by atoms with Gasteiger partial charge in [0.05, 0.1) is 34.1 Å². The maximum atomic E-state index is 12.9. The van der Waals surface area contributed by atoms with Crippen LogP contribution in [0.2, 0.25) is 0 Å². The van der Waals surface area contributed by atoms with Crippen LogP contribution >= 0.6 is 11.8 Å². The zero-order valence-corrected chi connectivity index (χ0v) is 16.9. The molecule has 1 fully saturated rings. The highest BCUT2D eigenvalue weighted by atomic mass is 32.2. The van der Waals surface area contributed by atoms with Crippen molar-refractivity contribution in [2.75, 3.05) is 6.61 Å². The first-order valence-electron chi connectivity index (χ1n) is 8.91. The number of non-ortho nitro benzene ring substituents is 1. The molecule has 2 heterocycles. The number of nitro benzene ring substituents is 1. The highest BCUT2D eigenvalue weighted by molar-refractivity contribution is 8.15. The van der Waals surface area contributed by atoms with E-state index in [4.69, 9.17) is 4.74 Å². The van der Waals surface area contributed by atoms with Crippen LogP contribution in [0.3, 0.4) is 0 Å². The summed E-state index contributed by atoms with van der Waals surface area (Å²) in [6.07, 6.45) is 0. The van der Waals surface area contributed by atoms with E-state index in [-0.39, 0.29) is 34.9 Å². The lowest BCUT2D eigenvalue weighted by molar-refractivity contribution is -0.384. The number of thioether (sulfide) groups is 1. The molecular weight excluding hydrogens is 382 g/mol. The molecule has 0 aliphatic carbocycles. The minimum Gasteiger partial charge on any atom is -0.462 e. The second kappa shape index (κ2) is 7.75. The molecule has 8 nitrogen and oxygen atoms in total. The SMILES string of the molecule is CC1=C(C(=O)OCC(C)C)[C@@H](c2cccc([N+](=O)[O-])c2)N2C(=O)[C@@H](C)SC2=N1. The first-order chi connectivity index (χ1) is 13.2. The van der Waals surface area contributed by atoms with Crippen molar-refractivity contribution >= 4 is 34.5 Å². The maximum Gasteiger partial charge on any atom is 0.338 e. The lowest BCUT2D eigenvalue weighted by Gasteiger charge is -2.33. The van der Waals surface area contributed by atoms with E-state index in [9.17, 15) is 19.7 Å². The molecule has 0 N–H and O–H groups in total. The van der Waals surface area contributed by atoms with Gasteiger partial charge in [0, 0.05) is 12.1 Å². The molecule has 1 amide bonds. The summed E-state index contributed by atoms with van der Waals surface area (Å²) in [5, 5.41) is 11.4. The van der Waals surface area contributed by atoms with Crippen molar-refractivity contribution in [2.24, 2.45) is 10.9 Å². The second-order valence-electron chi connectivity index (χ2n) is 7.11. The van der Waals surface area contributed by atoms with Crippen molar-refractivity contribution in [3.8, 4) is 0 Å². The fraction of sp³-hybridized carbons (Fsp3) is 0.421. The number of carbonyl (C=O) groups is 2. The summed E-state index contributed by atoms with van der Waals surface area (Å²) >= 11 is 1.31. The molecule has 2 atom stereocenters. The lowest BCUT2D eigenvalue weighted by atomic mass is 9.94. The van der Waals surface area contributed by atoms with E-state index in [0.717, 1.165) is 0 Å². The average Bonchev–Trinajstić information content (AvgIpc) is 2.92. The van der Waals surface area contributed by atoms with Crippen molar-refractivity contribution in [3.63, 3.8) is 0 Å². The number of hydrogen-bond acceptors (Lipinski definition) is 7. The molecule has 0 saturated carbocycles. The summed E-state index contributed by atoms with van der Waals surface area (Å²) in [7, 11) is 0. The van der Waals surface area contributed by atoms with Crippen LogP contribution in [0.5, 0.6) is 0 Å². The van der Waals surface area contributed by atoms with Crippen LogP contribution in [0.25, 0.3) is 0 Å². The molecule has 1 saturated heterocycles. The molecule has 0 unspecified atom stereocenters. The number of nitro groups is 1. The number of hydrogen-bond donors (Lipinski definition) is 0. The number of nitrogens with zero attached hydrogens (tertiary/aromatic N) is 3. The van der Waals surface area contributed by atoms with Crippen molar-refractivity contribution in [3.05, 3.63) is 51.2 Å². The number of rotatable bonds is 5. The average molecular weight is 403 g/mol. The van der Waals surface area contributed by atoms with Gasteiger partial charge in [-0.05, 0) is 25.3 Å². The van der Waals surface area contributed by atoms with Gasteiger partial charge >= 0.3 is 5.97 Å². The summed E-state index contributed by atoms with van der Waals surface area (Å²) in [5.74, 6) is -0.613. The topological polar surface area (TPSA) is 102 Å². The van der Waals surface area contributed by atoms with Gasteiger partial charge < -0.3 is 4.74 Å². The van der Waals surface area contributed by atoms with Crippen LogP contribution in [0.1, 0.15) is 39.3 Å². The highest BCUT2D eigenvalue weighted by Crippen LogP contribution is 2.43. The largest absolute Gasteiger partial charge is 0.462 e. The van der Waals surface area contributed by atoms with Crippen molar-refractivity contribution in [1.29, 1.82) is 0 Å². The van der Waals surface area contributed by atoms with Gasteiger partial charge in [0.2, 0.25) is 5.91 Å². The number of aliphatic imine (C=N–C) groups is 1. The number of amides is 1. The third-order valence-electron chi connectivity index (χ3n) is 4.42. The molecule has 2 aliphatic rings. The molecule has 9 heteroatoms. The predicted octanol–water partition coefficient (Wildman–Crippen LogP) is 3.44. The van der Waals surface area contributed by atoms with Gasteiger partial charge in [-0.15, -0.1) is 0 Å². The molecule has 28 heavy (non-hydrogen) atoms. The van der Waals surface area contributed by atoms with Gasteiger partial charge in [-0.1, -0.05) is 37.7 Å². The quantitative estimate of drug-likeness (QED) is 0.424. The molecule has 0 aromatic heterocycles. The summed E-state index contributed by atoms with van der Waals surface area (Å²) < 4.78 is 5.41. The van der Waals surface area contributed by atoms with Gasteiger partial charge in [-0.3, -0.25) is 19.8 Å². The number of allylic oxidation sites excluding steroid dienone is 1. The van der Waals surface area contributed by atoms with Crippen LogP contribution in [-0.2, 0) is 14.3 Å². The Bertz CT molecular complexity index is 909. The van der Waals surface area contributed by atoms with Crippen molar-refractivity contribution in [1.82, 2.24) is 4.90 Å². The van der Waals surface area contributed by atoms with Crippen LogP contribution in [0.4, 0.5) is 5.69 Å². The Balaban J connectivity index is 2.11.